The van der Waals surface area contributed by atoms with Crippen LogP contribution in [0, 0.1) is 18.8 Å². The van der Waals surface area contributed by atoms with Crippen LogP contribution in [-0.2, 0) is 7.05 Å². The van der Waals surface area contributed by atoms with Crippen molar-refractivity contribution in [2.24, 2.45) is 18.9 Å². The first-order valence-electron chi connectivity index (χ1n) is 7.24. The van der Waals surface area contributed by atoms with Gasteiger partial charge in [0.05, 0.1) is 12.4 Å². The summed E-state index contributed by atoms with van der Waals surface area (Å²) in [5.74, 6) is 3.08. The first-order chi connectivity index (χ1) is 9.63. The van der Waals surface area contributed by atoms with Crippen molar-refractivity contribution in [3.05, 3.63) is 12.2 Å². The zero-order valence-corrected chi connectivity index (χ0v) is 12.5. The summed E-state index contributed by atoms with van der Waals surface area (Å²) in [5.41, 5.74) is 1.65. The first-order valence-corrected chi connectivity index (χ1v) is 7.58. The van der Waals surface area contributed by atoms with Gasteiger partial charge >= 0.3 is 0 Å². The van der Waals surface area contributed by atoms with Crippen molar-refractivity contribution in [2.75, 3.05) is 4.42 Å². The number of rotatable bonds is 2. The molecule has 2 heterocycles. The van der Waals surface area contributed by atoms with Gasteiger partial charge in [-0.15, -0.1) is 0 Å². The number of imidazole rings is 1. The maximum absolute atomic E-state index is 6.66. The molecule has 20 heavy (non-hydrogen) atoms. The lowest BCUT2D eigenvalue weighted by Crippen LogP contribution is -2.33. The van der Waals surface area contributed by atoms with Crippen LogP contribution in [0.5, 0.6) is 0 Å². The van der Waals surface area contributed by atoms with Crippen LogP contribution in [-0.4, -0.2) is 25.6 Å². The molecular formula is C14H18ClN5. The monoisotopic (exact) mass is 291 g/mol. The van der Waals surface area contributed by atoms with E-state index in [-0.39, 0.29) is 0 Å². The smallest absolute Gasteiger partial charge is 0.175 e. The zero-order chi connectivity index (χ0) is 13.9. The Kier molecular flexibility index (Phi) is 2.67. The second-order valence-electron chi connectivity index (χ2n) is 6.18. The van der Waals surface area contributed by atoms with E-state index in [4.69, 9.17) is 11.8 Å². The normalized spacial score (nSPS) is 28.4. The molecule has 0 aliphatic heterocycles. The number of nitrogens with zero attached hydrogens (tertiary/aromatic N) is 5. The highest BCUT2D eigenvalue weighted by Gasteiger charge is 2.43. The molecule has 5 nitrogen and oxygen atoms in total. The van der Waals surface area contributed by atoms with Crippen molar-refractivity contribution in [1.29, 1.82) is 0 Å². The van der Waals surface area contributed by atoms with Gasteiger partial charge in [-0.05, 0) is 38.0 Å². The van der Waals surface area contributed by atoms with Crippen molar-refractivity contribution in [3.8, 4) is 0 Å². The van der Waals surface area contributed by atoms with Gasteiger partial charge in [0.1, 0.15) is 5.82 Å². The Balaban J connectivity index is 1.77. The molecule has 3 unspecified atom stereocenters. The van der Waals surface area contributed by atoms with Crippen LogP contribution in [0.15, 0.2) is 6.33 Å². The summed E-state index contributed by atoms with van der Waals surface area (Å²) in [6, 6.07) is 0.398. The molecule has 2 aliphatic rings. The van der Waals surface area contributed by atoms with Crippen molar-refractivity contribution in [3.63, 3.8) is 0 Å². The van der Waals surface area contributed by atoms with Gasteiger partial charge in [-0.25, -0.2) is 15.0 Å². The highest BCUT2D eigenvalue weighted by atomic mass is 35.5. The highest BCUT2D eigenvalue weighted by Crippen LogP contribution is 2.48. The number of hydrogen-bond acceptors (Lipinski definition) is 4. The number of halogens is 1. The van der Waals surface area contributed by atoms with E-state index in [9.17, 15) is 0 Å². The van der Waals surface area contributed by atoms with Gasteiger partial charge in [0.25, 0.3) is 0 Å². The molecule has 0 spiro atoms. The van der Waals surface area contributed by atoms with Gasteiger partial charge in [-0.2, -0.15) is 0 Å². The van der Waals surface area contributed by atoms with E-state index < -0.39 is 0 Å². The Morgan fingerprint density at radius 3 is 2.85 bits per heavy atom. The Bertz CT molecular complexity index is 667. The van der Waals surface area contributed by atoms with Gasteiger partial charge in [0.2, 0.25) is 0 Å². The third-order valence-electron chi connectivity index (χ3n) is 4.85. The molecule has 3 atom stereocenters. The van der Waals surface area contributed by atoms with Gasteiger partial charge in [-0.3, -0.25) is 4.42 Å². The van der Waals surface area contributed by atoms with Crippen LogP contribution in [0.4, 0.5) is 5.82 Å². The molecule has 2 aromatic heterocycles. The van der Waals surface area contributed by atoms with Crippen LogP contribution in [0.3, 0.4) is 0 Å². The average Bonchev–Trinajstić information content (AvgIpc) is 3.13. The van der Waals surface area contributed by atoms with Gasteiger partial charge in [0, 0.05) is 18.8 Å². The summed E-state index contributed by atoms with van der Waals surface area (Å²) in [6.07, 6.45) is 6.95. The highest BCUT2D eigenvalue weighted by molar-refractivity contribution is 6.27. The fraction of sp³-hybridized carbons (Fsp3) is 0.643. The maximum Gasteiger partial charge on any atom is 0.175 e. The van der Waals surface area contributed by atoms with Gasteiger partial charge in [0.15, 0.2) is 17.0 Å². The molecule has 6 heteroatoms. The van der Waals surface area contributed by atoms with Crippen molar-refractivity contribution in [2.45, 2.75) is 38.6 Å². The molecule has 4 rings (SSSR count). The number of anilines is 1. The molecule has 0 radical (unpaired) electrons. The van der Waals surface area contributed by atoms with E-state index >= 15 is 0 Å². The molecular weight excluding hydrogens is 274 g/mol. The fourth-order valence-electron chi connectivity index (χ4n) is 3.89. The van der Waals surface area contributed by atoms with Crippen LogP contribution >= 0.6 is 11.8 Å². The third-order valence-corrected chi connectivity index (χ3v) is 5.26. The zero-order valence-electron chi connectivity index (χ0n) is 11.8. The lowest BCUT2D eigenvalue weighted by Gasteiger charge is -2.29. The molecule has 0 amide bonds. The van der Waals surface area contributed by atoms with E-state index in [1.54, 1.807) is 6.33 Å². The molecule has 2 aliphatic carbocycles. The minimum Gasteiger partial charge on any atom is -0.318 e. The Labute approximate surface area is 123 Å². The lowest BCUT2D eigenvalue weighted by atomic mass is 9.95. The minimum absolute atomic E-state index is 0.398. The van der Waals surface area contributed by atoms with Crippen LogP contribution in [0.1, 0.15) is 31.5 Å². The Hall–Kier alpha value is -1.36. The van der Waals surface area contributed by atoms with E-state index in [1.165, 1.54) is 25.7 Å². The second kappa shape index (κ2) is 4.32. The van der Waals surface area contributed by atoms with Crippen molar-refractivity contribution < 1.29 is 0 Å². The van der Waals surface area contributed by atoms with Crippen LogP contribution in [0.25, 0.3) is 11.2 Å². The minimum atomic E-state index is 0.398. The standard InChI is InChI=1S/C14H18ClN5/c1-8-17-13-12(16-7-19(13)2)14(18-8)20(15)11-6-9-3-4-10(11)5-9/h7,9-11H,3-6H2,1-2H3. The fourth-order valence-corrected chi connectivity index (χ4v) is 4.25. The lowest BCUT2D eigenvalue weighted by molar-refractivity contribution is 0.421. The van der Waals surface area contributed by atoms with Crippen LogP contribution in [0.2, 0.25) is 0 Å². The van der Waals surface area contributed by atoms with Gasteiger partial charge in [-0.1, -0.05) is 6.42 Å². The second-order valence-corrected chi connectivity index (χ2v) is 6.54. The predicted molar refractivity (Wildman–Crippen MR) is 78.6 cm³/mol. The summed E-state index contributed by atoms with van der Waals surface area (Å²) in [7, 11) is 1.95. The summed E-state index contributed by atoms with van der Waals surface area (Å²) in [4.78, 5) is 13.4. The van der Waals surface area contributed by atoms with Crippen LogP contribution < -0.4 is 4.42 Å². The molecule has 2 aromatic rings. The molecule has 2 fully saturated rings. The van der Waals surface area contributed by atoms with E-state index in [2.05, 4.69) is 15.0 Å². The van der Waals surface area contributed by atoms with Crippen molar-refractivity contribution >= 4 is 28.8 Å². The first kappa shape index (κ1) is 12.4. The molecule has 106 valence electrons. The third kappa shape index (κ3) is 1.72. The predicted octanol–water partition coefficient (Wildman–Crippen LogP) is 2.82. The molecule has 0 saturated heterocycles. The SMILES string of the molecule is Cc1nc(N(Cl)C2CC3CCC2C3)c2ncn(C)c2n1. The molecule has 2 bridgehead atoms. The van der Waals surface area contributed by atoms with E-state index in [0.29, 0.717) is 12.0 Å². The molecule has 0 N–H and O–H groups in total. The number of aromatic nitrogens is 4. The largest absolute Gasteiger partial charge is 0.318 e. The van der Waals surface area contributed by atoms with Crippen molar-refractivity contribution in [1.82, 2.24) is 19.5 Å². The number of aryl methyl sites for hydroxylation is 2. The molecule has 2 saturated carbocycles. The Morgan fingerprint density at radius 1 is 1.30 bits per heavy atom. The Morgan fingerprint density at radius 2 is 2.15 bits per heavy atom. The van der Waals surface area contributed by atoms with Gasteiger partial charge < -0.3 is 4.57 Å². The average molecular weight is 292 g/mol. The number of hydrogen-bond donors (Lipinski definition) is 0. The van der Waals surface area contributed by atoms with E-state index in [1.807, 2.05) is 23.0 Å². The summed E-state index contributed by atoms with van der Waals surface area (Å²) >= 11 is 6.66. The summed E-state index contributed by atoms with van der Waals surface area (Å²) in [6.45, 7) is 1.90. The summed E-state index contributed by atoms with van der Waals surface area (Å²) < 4.78 is 3.76. The quantitative estimate of drug-likeness (QED) is 0.798. The topological polar surface area (TPSA) is 46.8 Å². The molecule has 0 aromatic carbocycles. The number of fused-ring (bicyclic) bond motifs is 3. The van der Waals surface area contributed by atoms with E-state index in [0.717, 1.165) is 28.7 Å². The summed E-state index contributed by atoms with van der Waals surface area (Å²) in [5, 5.41) is 0. The maximum atomic E-state index is 6.66.